The molecule has 2 nitrogen and oxygen atoms in total. The lowest BCUT2D eigenvalue weighted by atomic mass is 9.87. The van der Waals surface area contributed by atoms with Gasteiger partial charge in [-0.1, -0.05) is 44.0 Å². The third-order valence-corrected chi connectivity index (χ3v) is 5.21. The summed E-state index contributed by atoms with van der Waals surface area (Å²) in [6.07, 6.45) is 7.86. The smallest absolute Gasteiger partial charge is 0.0174 e. The van der Waals surface area contributed by atoms with Crippen molar-refractivity contribution in [2.45, 2.75) is 63.5 Å². The van der Waals surface area contributed by atoms with Gasteiger partial charge >= 0.3 is 0 Å². The predicted molar refractivity (Wildman–Crippen MR) is 85.0 cm³/mol. The van der Waals surface area contributed by atoms with Crippen LogP contribution in [0.15, 0.2) is 24.3 Å². The summed E-state index contributed by atoms with van der Waals surface area (Å²) < 4.78 is 0. The highest BCUT2D eigenvalue weighted by Crippen LogP contribution is 2.32. The molecule has 1 aromatic carbocycles. The Morgan fingerprint density at radius 3 is 2.45 bits per heavy atom. The monoisotopic (exact) mass is 272 g/mol. The summed E-state index contributed by atoms with van der Waals surface area (Å²) in [5.74, 6) is 0.630. The van der Waals surface area contributed by atoms with Crippen LogP contribution >= 0.6 is 0 Å². The summed E-state index contributed by atoms with van der Waals surface area (Å²) in [6, 6.07) is 10.4. The van der Waals surface area contributed by atoms with Gasteiger partial charge in [0.25, 0.3) is 0 Å². The van der Waals surface area contributed by atoms with Crippen molar-refractivity contribution >= 4 is 0 Å². The molecular formula is C18H28N2. The molecule has 1 saturated carbocycles. The first-order valence-electron chi connectivity index (χ1n) is 8.34. The predicted octanol–water partition coefficient (Wildman–Crippen LogP) is 3.31. The second-order valence-corrected chi connectivity index (χ2v) is 6.68. The van der Waals surface area contributed by atoms with Gasteiger partial charge in [-0.05, 0) is 42.7 Å². The zero-order chi connectivity index (χ0) is 13.9. The Bertz CT molecular complexity index is 420. The van der Waals surface area contributed by atoms with Crippen LogP contribution in [0.3, 0.4) is 0 Å². The second kappa shape index (κ2) is 6.28. The van der Waals surface area contributed by atoms with Crippen molar-refractivity contribution in [1.82, 2.24) is 4.90 Å². The third kappa shape index (κ3) is 3.07. The molecule has 1 aliphatic heterocycles. The van der Waals surface area contributed by atoms with Crippen LogP contribution in [0.2, 0.25) is 0 Å². The molecule has 1 saturated heterocycles. The van der Waals surface area contributed by atoms with Crippen molar-refractivity contribution in [3.05, 3.63) is 35.4 Å². The minimum atomic E-state index is 0.347. The van der Waals surface area contributed by atoms with Gasteiger partial charge < -0.3 is 5.73 Å². The summed E-state index contributed by atoms with van der Waals surface area (Å²) in [4.78, 5) is 2.68. The molecule has 0 spiro atoms. The van der Waals surface area contributed by atoms with E-state index < -0.39 is 0 Å². The van der Waals surface area contributed by atoms with Crippen molar-refractivity contribution in [2.24, 2.45) is 5.73 Å². The van der Waals surface area contributed by atoms with Crippen LogP contribution in [-0.2, 0) is 6.42 Å². The first kappa shape index (κ1) is 14.1. The molecule has 0 aromatic heterocycles. The van der Waals surface area contributed by atoms with E-state index in [0.29, 0.717) is 12.0 Å². The highest BCUT2D eigenvalue weighted by atomic mass is 15.2. The summed E-state index contributed by atoms with van der Waals surface area (Å²) >= 11 is 0. The fourth-order valence-electron chi connectivity index (χ4n) is 4.01. The lowest BCUT2D eigenvalue weighted by Gasteiger charge is -2.40. The number of aryl methyl sites for hydroxylation is 1. The first-order valence-corrected chi connectivity index (χ1v) is 8.34. The molecular weight excluding hydrogens is 244 g/mol. The van der Waals surface area contributed by atoms with Gasteiger partial charge in [-0.15, -0.1) is 0 Å². The van der Waals surface area contributed by atoms with E-state index in [-0.39, 0.29) is 0 Å². The summed E-state index contributed by atoms with van der Waals surface area (Å²) in [6.45, 7) is 4.53. The van der Waals surface area contributed by atoms with Crippen LogP contribution in [0.4, 0.5) is 0 Å². The zero-order valence-corrected chi connectivity index (χ0v) is 12.7. The molecule has 2 aliphatic rings. The Morgan fingerprint density at radius 1 is 1.10 bits per heavy atom. The molecule has 1 heterocycles. The van der Waals surface area contributed by atoms with Gasteiger partial charge in [0.2, 0.25) is 0 Å². The normalized spacial score (nSPS) is 28.9. The SMILES string of the molecule is CCc1ccc(C2CC(N)CN(C3CCCC3)C2)cc1. The minimum absolute atomic E-state index is 0.347. The number of piperidine rings is 1. The summed E-state index contributed by atoms with van der Waals surface area (Å²) in [7, 11) is 0. The summed E-state index contributed by atoms with van der Waals surface area (Å²) in [5.41, 5.74) is 9.25. The van der Waals surface area contributed by atoms with E-state index in [9.17, 15) is 0 Å². The highest BCUT2D eigenvalue weighted by molar-refractivity contribution is 5.26. The fourth-order valence-corrected chi connectivity index (χ4v) is 4.01. The minimum Gasteiger partial charge on any atom is -0.327 e. The van der Waals surface area contributed by atoms with Gasteiger partial charge in [0.1, 0.15) is 0 Å². The van der Waals surface area contributed by atoms with Gasteiger partial charge in [0.15, 0.2) is 0 Å². The van der Waals surface area contributed by atoms with Crippen LogP contribution in [0, 0.1) is 0 Å². The van der Waals surface area contributed by atoms with Gasteiger partial charge in [0.05, 0.1) is 0 Å². The molecule has 2 unspecified atom stereocenters. The van der Waals surface area contributed by atoms with Crippen molar-refractivity contribution in [3.8, 4) is 0 Å². The van der Waals surface area contributed by atoms with Crippen molar-refractivity contribution in [3.63, 3.8) is 0 Å². The van der Waals surface area contributed by atoms with Crippen molar-refractivity contribution in [2.75, 3.05) is 13.1 Å². The quantitative estimate of drug-likeness (QED) is 0.914. The molecule has 20 heavy (non-hydrogen) atoms. The maximum atomic E-state index is 6.33. The van der Waals surface area contributed by atoms with E-state index in [1.165, 1.54) is 43.4 Å². The van der Waals surface area contributed by atoms with Gasteiger partial charge in [-0.3, -0.25) is 4.90 Å². The van der Waals surface area contributed by atoms with Crippen LogP contribution in [0.1, 0.15) is 56.1 Å². The Hall–Kier alpha value is -0.860. The number of benzene rings is 1. The molecule has 0 radical (unpaired) electrons. The molecule has 2 heteroatoms. The standard InChI is InChI=1S/C18H28N2/c1-2-14-7-9-15(10-8-14)16-11-17(19)13-20(12-16)18-5-3-4-6-18/h7-10,16-18H,2-6,11-13,19H2,1H3. The van der Waals surface area contributed by atoms with E-state index in [2.05, 4.69) is 36.1 Å². The van der Waals surface area contributed by atoms with E-state index >= 15 is 0 Å². The average Bonchev–Trinajstić information content (AvgIpc) is 3.01. The summed E-state index contributed by atoms with van der Waals surface area (Å²) in [5, 5.41) is 0. The van der Waals surface area contributed by atoms with Crippen LogP contribution in [0.25, 0.3) is 0 Å². The van der Waals surface area contributed by atoms with Crippen LogP contribution in [-0.4, -0.2) is 30.1 Å². The van der Waals surface area contributed by atoms with E-state index in [1.807, 2.05) is 0 Å². The molecule has 0 bridgehead atoms. The Labute approximate surface area is 123 Å². The van der Waals surface area contributed by atoms with E-state index in [1.54, 1.807) is 0 Å². The molecule has 2 N–H and O–H groups in total. The second-order valence-electron chi connectivity index (χ2n) is 6.68. The average molecular weight is 272 g/mol. The number of hydrogen-bond donors (Lipinski definition) is 1. The van der Waals surface area contributed by atoms with Crippen LogP contribution < -0.4 is 5.73 Å². The maximum absolute atomic E-state index is 6.33. The van der Waals surface area contributed by atoms with Gasteiger partial charge in [-0.2, -0.15) is 0 Å². The highest BCUT2D eigenvalue weighted by Gasteiger charge is 2.31. The molecule has 3 rings (SSSR count). The maximum Gasteiger partial charge on any atom is 0.0174 e. The topological polar surface area (TPSA) is 29.3 Å². The molecule has 2 atom stereocenters. The number of likely N-dealkylation sites (tertiary alicyclic amines) is 1. The Balaban J connectivity index is 1.71. The fraction of sp³-hybridized carbons (Fsp3) is 0.667. The van der Waals surface area contributed by atoms with Crippen molar-refractivity contribution < 1.29 is 0 Å². The molecule has 2 fully saturated rings. The number of nitrogens with two attached hydrogens (primary N) is 1. The molecule has 1 aromatic rings. The lowest BCUT2D eigenvalue weighted by molar-refractivity contribution is 0.136. The van der Waals surface area contributed by atoms with E-state index in [4.69, 9.17) is 5.73 Å². The first-order chi connectivity index (χ1) is 9.76. The number of nitrogens with zero attached hydrogens (tertiary/aromatic N) is 1. The largest absolute Gasteiger partial charge is 0.327 e. The number of hydrogen-bond acceptors (Lipinski definition) is 2. The van der Waals surface area contributed by atoms with Crippen molar-refractivity contribution in [1.29, 1.82) is 0 Å². The Kier molecular flexibility index (Phi) is 4.42. The number of rotatable bonds is 3. The Morgan fingerprint density at radius 2 is 1.80 bits per heavy atom. The van der Waals surface area contributed by atoms with Gasteiger partial charge in [-0.25, -0.2) is 0 Å². The molecule has 1 aliphatic carbocycles. The molecule has 0 amide bonds. The van der Waals surface area contributed by atoms with Crippen LogP contribution in [0.5, 0.6) is 0 Å². The molecule has 110 valence electrons. The third-order valence-electron chi connectivity index (χ3n) is 5.21. The van der Waals surface area contributed by atoms with Gasteiger partial charge in [0, 0.05) is 25.2 Å². The lowest BCUT2D eigenvalue weighted by Crippen LogP contribution is -2.49. The van der Waals surface area contributed by atoms with E-state index in [0.717, 1.165) is 25.4 Å². The zero-order valence-electron chi connectivity index (χ0n) is 12.7.